The van der Waals surface area contributed by atoms with E-state index in [0.29, 0.717) is 30.8 Å². The quantitative estimate of drug-likeness (QED) is 0.267. The molecular formula is C20H37IN4O. The number of hydrogen-bond donors (Lipinski definition) is 2. The fourth-order valence-electron chi connectivity index (χ4n) is 4.71. The van der Waals surface area contributed by atoms with E-state index in [-0.39, 0.29) is 29.9 Å². The number of rotatable bonds is 6. The molecular weight excluding hydrogens is 439 g/mol. The van der Waals surface area contributed by atoms with Crippen molar-refractivity contribution in [3.8, 4) is 0 Å². The summed E-state index contributed by atoms with van der Waals surface area (Å²) in [7, 11) is 0. The van der Waals surface area contributed by atoms with E-state index in [1.807, 2.05) is 0 Å². The summed E-state index contributed by atoms with van der Waals surface area (Å²) in [6.07, 6.45) is 12.6. The molecule has 1 heterocycles. The highest BCUT2D eigenvalue weighted by Gasteiger charge is 2.43. The van der Waals surface area contributed by atoms with E-state index < -0.39 is 0 Å². The first-order valence-electron chi connectivity index (χ1n) is 10.5. The summed E-state index contributed by atoms with van der Waals surface area (Å²) in [6, 6.07) is 0. The van der Waals surface area contributed by atoms with Crippen LogP contribution in [0.15, 0.2) is 4.99 Å². The lowest BCUT2D eigenvalue weighted by Crippen LogP contribution is -2.43. The number of nitrogens with one attached hydrogen (secondary N) is 2. The molecule has 0 bridgehead atoms. The van der Waals surface area contributed by atoms with Crippen molar-refractivity contribution in [3.63, 3.8) is 0 Å². The second kappa shape index (κ2) is 10.7. The Bertz CT molecular complexity index is 472. The molecule has 0 aromatic rings. The van der Waals surface area contributed by atoms with Crippen LogP contribution in [-0.2, 0) is 4.79 Å². The largest absolute Gasteiger partial charge is 0.357 e. The van der Waals surface area contributed by atoms with Crippen LogP contribution in [0.5, 0.6) is 0 Å². The first-order chi connectivity index (χ1) is 12.2. The van der Waals surface area contributed by atoms with Gasteiger partial charge in [0.2, 0.25) is 5.91 Å². The summed E-state index contributed by atoms with van der Waals surface area (Å²) in [4.78, 5) is 19.3. The highest BCUT2D eigenvalue weighted by Crippen LogP contribution is 2.47. The van der Waals surface area contributed by atoms with Crippen LogP contribution in [0.25, 0.3) is 0 Å². The van der Waals surface area contributed by atoms with Crippen LogP contribution in [0.4, 0.5) is 0 Å². The third-order valence-electron chi connectivity index (χ3n) is 6.38. The molecule has 0 atom stereocenters. The van der Waals surface area contributed by atoms with Crippen molar-refractivity contribution in [2.24, 2.45) is 16.3 Å². The van der Waals surface area contributed by atoms with Gasteiger partial charge in [-0.3, -0.25) is 9.79 Å². The minimum absolute atomic E-state index is 0. The molecule has 2 N–H and O–H groups in total. The Labute approximate surface area is 176 Å². The average molecular weight is 476 g/mol. The molecule has 2 saturated carbocycles. The smallest absolute Gasteiger partial charge is 0.220 e. The first kappa shape index (κ1) is 21.8. The lowest BCUT2D eigenvalue weighted by atomic mass is 9.68. The zero-order valence-corrected chi connectivity index (χ0v) is 18.7. The predicted octanol–water partition coefficient (Wildman–Crippen LogP) is 3.53. The molecule has 5 nitrogen and oxygen atoms in total. The van der Waals surface area contributed by atoms with Crippen LogP contribution < -0.4 is 10.6 Å². The molecule has 0 aromatic heterocycles. The van der Waals surface area contributed by atoms with Gasteiger partial charge in [0.1, 0.15) is 0 Å². The molecule has 0 aromatic carbocycles. The number of carbonyl (C=O) groups excluding carboxylic acids is 1. The van der Waals surface area contributed by atoms with Crippen molar-refractivity contribution < 1.29 is 4.79 Å². The minimum atomic E-state index is 0. The van der Waals surface area contributed by atoms with Crippen molar-refractivity contribution >= 4 is 35.8 Å². The number of carbonyl (C=O) groups is 1. The summed E-state index contributed by atoms with van der Waals surface area (Å²) < 4.78 is 0. The van der Waals surface area contributed by atoms with Gasteiger partial charge < -0.3 is 15.5 Å². The van der Waals surface area contributed by atoms with Crippen molar-refractivity contribution in [2.75, 3.05) is 32.7 Å². The van der Waals surface area contributed by atoms with Crippen LogP contribution in [0.2, 0.25) is 0 Å². The van der Waals surface area contributed by atoms with Crippen LogP contribution in [0.3, 0.4) is 0 Å². The van der Waals surface area contributed by atoms with Gasteiger partial charge in [0.15, 0.2) is 5.96 Å². The number of hydrogen-bond acceptors (Lipinski definition) is 2. The maximum atomic E-state index is 12.1. The van der Waals surface area contributed by atoms with Crippen molar-refractivity contribution in [1.82, 2.24) is 15.5 Å². The van der Waals surface area contributed by atoms with Gasteiger partial charge in [0, 0.05) is 32.6 Å². The molecule has 3 rings (SSSR count). The molecule has 2 aliphatic carbocycles. The van der Waals surface area contributed by atoms with Crippen LogP contribution >= 0.6 is 24.0 Å². The maximum absolute atomic E-state index is 12.1. The zero-order chi connectivity index (χ0) is 17.5. The normalized spacial score (nSPS) is 22.7. The van der Waals surface area contributed by atoms with Crippen LogP contribution in [-0.4, -0.2) is 49.5 Å². The molecule has 0 unspecified atom stereocenters. The van der Waals surface area contributed by atoms with Crippen LogP contribution in [0, 0.1) is 11.3 Å². The van der Waals surface area contributed by atoms with E-state index in [1.54, 1.807) is 0 Å². The second-order valence-corrected chi connectivity index (χ2v) is 8.32. The lowest BCUT2D eigenvalue weighted by Gasteiger charge is -2.38. The van der Waals surface area contributed by atoms with E-state index in [9.17, 15) is 4.79 Å². The van der Waals surface area contributed by atoms with Crippen molar-refractivity contribution in [2.45, 2.75) is 71.1 Å². The summed E-state index contributed by atoms with van der Waals surface area (Å²) in [5, 5.41) is 6.49. The number of likely N-dealkylation sites (tertiary alicyclic amines) is 1. The van der Waals surface area contributed by atoms with E-state index in [2.05, 4.69) is 22.5 Å². The highest BCUT2D eigenvalue weighted by atomic mass is 127. The Balaban J connectivity index is 0.00000243. The number of aliphatic imine (C=N–C) groups is 1. The molecule has 3 aliphatic rings. The molecule has 1 spiro atoms. The predicted molar refractivity (Wildman–Crippen MR) is 118 cm³/mol. The highest BCUT2D eigenvalue weighted by molar-refractivity contribution is 14.0. The Hall–Kier alpha value is -0.530. The first-order valence-corrected chi connectivity index (χ1v) is 10.5. The molecule has 0 radical (unpaired) electrons. The monoisotopic (exact) mass is 476 g/mol. The Morgan fingerprint density at radius 3 is 2.50 bits per heavy atom. The number of halogens is 1. The van der Waals surface area contributed by atoms with Gasteiger partial charge >= 0.3 is 0 Å². The van der Waals surface area contributed by atoms with Gasteiger partial charge in [-0.2, -0.15) is 0 Å². The lowest BCUT2D eigenvalue weighted by molar-refractivity contribution is -0.122. The molecule has 26 heavy (non-hydrogen) atoms. The Kier molecular flexibility index (Phi) is 8.97. The summed E-state index contributed by atoms with van der Waals surface area (Å²) in [5.41, 5.74) is 0.588. The summed E-state index contributed by atoms with van der Waals surface area (Å²) >= 11 is 0. The summed E-state index contributed by atoms with van der Waals surface area (Å²) in [6.45, 7) is 6.63. The Morgan fingerprint density at radius 1 is 1.12 bits per heavy atom. The zero-order valence-electron chi connectivity index (χ0n) is 16.4. The van der Waals surface area contributed by atoms with Gasteiger partial charge in [-0.1, -0.05) is 25.7 Å². The van der Waals surface area contributed by atoms with Gasteiger partial charge in [0.05, 0.1) is 6.54 Å². The van der Waals surface area contributed by atoms with Gasteiger partial charge in [-0.25, -0.2) is 0 Å². The third-order valence-corrected chi connectivity index (χ3v) is 6.38. The number of guanidine groups is 1. The molecule has 1 amide bonds. The third kappa shape index (κ3) is 5.99. The molecule has 6 heteroatoms. The van der Waals surface area contributed by atoms with E-state index in [0.717, 1.165) is 25.6 Å². The summed E-state index contributed by atoms with van der Waals surface area (Å²) in [5.74, 6) is 1.85. The van der Waals surface area contributed by atoms with E-state index >= 15 is 0 Å². The van der Waals surface area contributed by atoms with Gasteiger partial charge in [-0.05, 0) is 50.4 Å². The SMILES string of the molecule is CCNC(=NCCNC(=O)CC1CCCCC1)N1CCC2(CCC2)C1.I. The average Bonchev–Trinajstić information content (AvgIpc) is 3.04. The van der Waals surface area contributed by atoms with Crippen molar-refractivity contribution in [3.05, 3.63) is 0 Å². The fraction of sp³-hybridized carbons (Fsp3) is 0.900. The van der Waals surface area contributed by atoms with Crippen molar-refractivity contribution in [1.29, 1.82) is 0 Å². The molecule has 1 aliphatic heterocycles. The topological polar surface area (TPSA) is 56.7 Å². The maximum Gasteiger partial charge on any atom is 0.220 e. The van der Waals surface area contributed by atoms with Gasteiger partial charge in [-0.15, -0.1) is 24.0 Å². The standard InChI is InChI=1S/C20H36N4O.HI/c1-2-21-19(24-14-11-20(16-24)9-6-10-20)23-13-12-22-18(25)15-17-7-4-3-5-8-17;/h17H,2-16H2,1H3,(H,21,23)(H,22,25);1H. The van der Waals surface area contributed by atoms with E-state index in [4.69, 9.17) is 4.99 Å². The minimum Gasteiger partial charge on any atom is -0.357 e. The molecule has 3 fully saturated rings. The number of amides is 1. The van der Waals surface area contributed by atoms with E-state index in [1.165, 1.54) is 57.8 Å². The second-order valence-electron chi connectivity index (χ2n) is 8.32. The van der Waals surface area contributed by atoms with Gasteiger partial charge in [0.25, 0.3) is 0 Å². The molecule has 1 saturated heterocycles. The fourth-order valence-corrected chi connectivity index (χ4v) is 4.71. The molecule has 150 valence electrons. The number of nitrogens with zero attached hydrogens (tertiary/aromatic N) is 2. The van der Waals surface area contributed by atoms with Crippen LogP contribution in [0.1, 0.15) is 71.1 Å². The Morgan fingerprint density at radius 2 is 1.88 bits per heavy atom.